The van der Waals surface area contributed by atoms with Gasteiger partial charge in [0, 0.05) is 17.7 Å². The Morgan fingerprint density at radius 1 is 1.16 bits per heavy atom. The molecule has 0 aliphatic carbocycles. The summed E-state index contributed by atoms with van der Waals surface area (Å²) < 4.78 is 13.3. The maximum absolute atomic E-state index is 10.7. The van der Waals surface area contributed by atoms with Crippen LogP contribution >= 0.6 is 0 Å². The van der Waals surface area contributed by atoms with Gasteiger partial charge in [-0.3, -0.25) is 10.1 Å². The van der Waals surface area contributed by atoms with Gasteiger partial charge in [0.1, 0.15) is 12.3 Å². The molecule has 4 rings (SSSR count). The number of benzene rings is 2. The van der Waals surface area contributed by atoms with E-state index in [4.69, 9.17) is 9.47 Å². The molecule has 25 heavy (non-hydrogen) atoms. The van der Waals surface area contributed by atoms with Crippen LogP contribution in [0.25, 0.3) is 11.3 Å². The van der Waals surface area contributed by atoms with Crippen molar-refractivity contribution >= 4 is 5.69 Å². The predicted octanol–water partition coefficient (Wildman–Crippen LogP) is 2.69. The molecule has 2 heterocycles. The van der Waals surface area contributed by atoms with Crippen LogP contribution in [0.1, 0.15) is 0 Å². The van der Waals surface area contributed by atoms with Crippen LogP contribution in [0, 0.1) is 10.1 Å². The van der Waals surface area contributed by atoms with E-state index in [1.54, 1.807) is 23.0 Å². The number of para-hydroxylation sites is 2. The van der Waals surface area contributed by atoms with Crippen LogP contribution in [0.2, 0.25) is 0 Å². The minimum atomic E-state index is -0.432. The molecule has 0 N–H and O–H groups in total. The zero-order valence-electron chi connectivity index (χ0n) is 13.1. The van der Waals surface area contributed by atoms with Crippen molar-refractivity contribution in [3.63, 3.8) is 0 Å². The second-order valence-electron chi connectivity index (χ2n) is 5.63. The van der Waals surface area contributed by atoms with E-state index >= 15 is 0 Å². The highest BCUT2D eigenvalue weighted by atomic mass is 16.6. The fourth-order valence-electron chi connectivity index (χ4n) is 2.64. The number of non-ortho nitro benzene ring substituents is 1. The Bertz CT molecular complexity index is 907. The number of hydrogen-bond donors (Lipinski definition) is 0. The SMILES string of the molecule is O=[N+]([O-])c1ccc(-c2cn(CC3COc4ccccc4O3)nn2)cc1. The highest BCUT2D eigenvalue weighted by Crippen LogP contribution is 2.31. The number of nitro benzene ring substituents is 1. The molecule has 126 valence electrons. The Labute approximate surface area is 142 Å². The normalized spacial score (nSPS) is 15.8. The van der Waals surface area contributed by atoms with Gasteiger partial charge < -0.3 is 9.47 Å². The van der Waals surface area contributed by atoms with E-state index in [1.165, 1.54) is 12.1 Å². The van der Waals surface area contributed by atoms with Gasteiger partial charge in [-0.15, -0.1) is 5.10 Å². The van der Waals surface area contributed by atoms with E-state index in [9.17, 15) is 10.1 Å². The van der Waals surface area contributed by atoms with Gasteiger partial charge in [0.2, 0.25) is 0 Å². The van der Waals surface area contributed by atoms with Crippen molar-refractivity contribution in [2.45, 2.75) is 12.6 Å². The lowest BCUT2D eigenvalue weighted by atomic mass is 10.1. The quantitative estimate of drug-likeness (QED) is 0.536. The van der Waals surface area contributed by atoms with E-state index in [0.717, 1.165) is 17.1 Å². The van der Waals surface area contributed by atoms with E-state index in [0.29, 0.717) is 18.8 Å². The lowest BCUT2D eigenvalue weighted by Crippen LogP contribution is -2.33. The zero-order chi connectivity index (χ0) is 17.2. The molecular weight excluding hydrogens is 324 g/mol. The lowest BCUT2D eigenvalue weighted by molar-refractivity contribution is -0.384. The largest absolute Gasteiger partial charge is 0.486 e. The highest BCUT2D eigenvalue weighted by Gasteiger charge is 2.21. The Balaban J connectivity index is 1.46. The maximum Gasteiger partial charge on any atom is 0.269 e. The van der Waals surface area contributed by atoms with Gasteiger partial charge >= 0.3 is 0 Å². The first-order valence-corrected chi connectivity index (χ1v) is 7.72. The summed E-state index contributed by atoms with van der Waals surface area (Å²) >= 11 is 0. The van der Waals surface area contributed by atoms with Crippen molar-refractivity contribution in [2.24, 2.45) is 0 Å². The third kappa shape index (κ3) is 3.14. The Morgan fingerprint density at radius 2 is 1.92 bits per heavy atom. The number of aromatic nitrogens is 3. The first kappa shape index (κ1) is 15.1. The fraction of sp³-hybridized carbons (Fsp3) is 0.176. The molecule has 0 saturated heterocycles. The lowest BCUT2D eigenvalue weighted by Gasteiger charge is -2.26. The van der Waals surface area contributed by atoms with Crippen LogP contribution in [0.3, 0.4) is 0 Å². The van der Waals surface area contributed by atoms with Crippen molar-refractivity contribution in [3.05, 3.63) is 64.8 Å². The maximum atomic E-state index is 10.7. The van der Waals surface area contributed by atoms with Crippen molar-refractivity contribution in [2.75, 3.05) is 6.61 Å². The van der Waals surface area contributed by atoms with Crippen LogP contribution in [0.4, 0.5) is 5.69 Å². The minimum absolute atomic E-state index is 0.0440. The van der Waals surface area contributed by atoms with Crippen LogP contribution in [0.5, 0.6) is 11.5 Å². The summed E-state index contributed by atoms with van der Waals surface area (Å²) in [6, 6.07) is 13.7. The molecule has 2 aromatic carbocycles. The van der Waals surface area contributed by atoms with Gasteiger partial charge in [-0.2, -0.15) is 0 Å². The van der Waals surface area contributed by atoms with Crippen LogP contribution in [-0.4, -0.2) is 32.6 Å². The smallest absolute Gasteiger partial charge is 0.269 e. The second-order valence-corrected chi connectivity index (χ2v) is 5.63. The molecular formula is C17H14N4O4. The molecule has 8 nitrogen and oxygen atoms in total. The highest BCUT2D eigenvalue weighted by molar-refractivity contribution is 5.59. The molecule has 8 heteroatoms. The Kier molecular flexibility index (Phi) is 3.77. The molecule has 0 saturated carbocycles. The van der Waals surface area contributed by atoms with E-state index in [-0.39, 0.29) is 11.8 Å². The number of nitrogens with zero attached hydrogens (tertiary/aromatic N) is 4. The molecule has 0 bridgehead atoms. The van der Waals surface area contributed by atoms with E-state index in [2.05, 4.69) is 10.3 Å². The third-order valence-corrected chi connectivity index (χ3v) is 3.87. The monoisotopic (exact) mass is 338 g/mol. The molecule has 1 aromatic heterocycles. The van der Waals surface area contributed by atoms with Crippen molar-refractivity contribution in [1.29, 1.82) is 0 Å². The van der Waals surface area contributed by atoms with Crippen LogP contribution < -0.4 is 9.47 Å². The summed E-state index contributed by atoms with van der Waals surface area (Å²) in [6.07, 6.45) is 1.62. The molecule has 0 amide bonds. The number of hydrogen-bond acceptors (Lipinski definition) is 6. The van der Waals surface area contributed by atoms with Gasteiger partial charge in [-0.25, -0.2) is 4.68 Å². The van der Waals surface area contributed by atoms with Gasteiger partial charge in [0.05, 0.1) is 17.7 Å². The topological polar surface area (TPSA) is 92.3 Å². The fourth-order valence-corrected chi connectivity index (χ4v) is 2.64. The minimum Gasteiger partial charge on any atom is -0.486 e. The zero-order valence-corrected chi connectivity index (χ0v) is 13.1. The number of ether oxygens (including phenoxy) is 2. The standard InChI is InChI=1S/C17H14N4O4/c22-21(23)13-7-5-12(6-8-13)15-10-20(19-18-15)9-14-11-24-16-3-1-2-4-17(16)25-14/h1-8,10,14H,9,11H2. The third-order valence-electron chi connectivity index (χ3n) is 3.87. The van der Waals surface area contributed by atoms with Crippen molar-refractivity contribution < 1.29 is 14.4 Å². The Hall–Kier alpha value is -3.42. The van der Waals surface area contributed by atoms with Crippen molar-refractivity contribution in [1.82, 2.24) is 15.0 Å². The van der Waals surface area contributed by atoms with Crippen molar-refractivity contribution in [3.8, 4) is 22.8 Å². The summed E-state index contributed by atoms with van der Waals surface area (Å²) in [5.74, 6) is 1.46. The number of rotatable bonds is 4. The average Bonchev–Trinajstić information content (AvgIpc) is 3.10. The average molecular weight is 338 g/mol. The van der Waals surface area contributed by atoms with E-state index in [1.807, 2.05) is 24.3 Å². The van der Waals surface area contributed by atoms with Gasteiger partial charge in [0.15, 0.2) is 17.6 Å². The summed E-state index contributed by atoms with van der Waals surface area (Å²) in [4.78, 5) is 10.3. The second kappa shape index (κ2) is 6.23. The molecule has 1 unspecified atom stereocenters. The molecule has 1 aliphatic rings. The van der Waals surface area contributed by atoms with E-state index < -0.39 is 4.92 Å². The van der Waals surface area contributed by atoms with Gasteiger partial charge in [0.25, 0.3) is 5.69 Å². The van der Waals surface area contributed by atoms with Gasteiger partial charge in [-0.05, 0) is 24.3 Å². The first-order chi connectivity index (χ1) is 12.2. The molecule has 0 spiro atoms. The summed E-state index contributed by atoms with van der Waals surface area (Å²) in [5, 5.41) is 18.9. The molecule has 1 aliphatic heterocycles. The summed E-state index contributed by atoms with van der Waals surface area (Å²) in [7, 11) is 0. The van der Waals surface area contributed by atoms with Gasteiger partial charge in [-0.1, -0.05) is 17.3 Å². The molecule has 3 aromatic rings. The van der Waals surface area contributed by atoms with Crippen LogP contribution in [-0.2, 0) is 6.54 Å². The summed E-state index contributed by atoms with van der Waals surface area (Å²) in [5.41, 5.74) is 1.46. The molecule has 0 radical (unpaired) electrons. The molecule has 1 atom stereocenters. The van der Waals surface area contributed by atoms with Crippen LogP contribution in [0.15, 0.2) is 54.7 Å². The Morgan fingerprint density at radius 3 is 2.68 bits per heavy atom. The first-order valence-electron chi connectivity index (χ1n) is 7.72. The number of nitro groups is 1. The number of fused-ring (bicyclic) bond motifs is 1. The predicted molar refractivity (Wildman–Crippen MR) is 88.5 cm³/mol. The molecule has 0 fully saturated rings. The summed E-state index contributed by atoms with van der Waals surface area (Å²) in [6.45, 7) is 0.929.